The summed E-state index contributed by atoms with van der Waals surface area (Å²) in [5.41, 5.74) is 2.12. The minimum absolute atomic E-state index is 0.0200. The van der Waals surface area contributed by atoms with Crippen LogP contribution in [0, 0.1) is 0 Å². The Labute approximate surface area is 144 Å². The molecule has 0 aliphatic heterocycles. The van der Waals surface area contributed by atoms with Crippen LogP contribution in [0.1, 0.15) is 10.4 Å². The monoisotopic (exact) mass is 342 g/mol. The van der Waals surface area contributed by atoms with Crippen molar-refractivity contribution in [2.24, 2.45) is 0 Å². The lowest BCUT2D eigenvalue weighted by molar-refractivity contribution is 0.102. The minimum Gasteiger partial charge on any atom is -0.403 e. The topological polar surface area (TPSA) is 71.3 Å². The summed E-state index contributed by atoms with van der Waals surface area (Å²) < 4.78 is 5.46. The van der Waals surface area contributed by atoms with Gasteiger partial charge in [0.15, 0.2) is 0 Å². The second-order valence-corrected chi connectivity index (χ2v) is 5.69. The SMILES string of the molecule is CN(C)c1ccc(C(=O)Nc2nnc(-c3ccccc3Cl)o2)cc1. The van der Waals surface area contributed by atoms with E-state index in [-0.39, 0.29) is 17.8 Å². The molecule has 1 amide bonds. The van der Waals surface area contributed by atoms with Crippen molar-refractivity contribution >= 4 is 29.2 Å². The molecule has 0 atom stereocenters. The first-order chi connectivity index (χ1) is 11.5. The van der Waals surface area contributed by atoms with Crippen LogP contribution in [0.25, 0.3) is 11.5 Å². The molecule has 2 aromatic carbocycles. The number of halogens is 1. The molecule has 0 fully saturated rings. The van der Waals surface area contributed by atoms with Gasteiger partial charge in [-0.3, -0.25) is 10.1 Å². The number of nitrogens with one attached hydrogen (secondary N) is 1. The van der Waals surface area contributed by atoms with Crippen LogP contribution >= 0.6 is 11.6 Å². The average molecular weight is 343 g/mol. The molecule has 7 heteroatoms. The lowest BCUT2D eigenvalue weighted by Gasteiger charge is -2.12. The van der Waals surface area contributed by atoms with Crippen LogP contribution in [0.4, 0.5) is 11.7 Å². The summed E-state index contributed by atoms with van der Waals surface area (Å²) in [6, 6.07) is 14.3. The van der Waals surface area contributed by atoms with Crippen molar-refractivity contribution in [3.05, 3.63) is 59.1 Å². The molecular weight excluding hydrogens is 328 g/mol. The van der Waals surface area contributed by atoms with Gasteiger partial charge in [-0.15, -0.1) is 5.10 Å². The molecule has 0 unspecified atom stereocenters. The molecule has 1 N–H and O–H groups in total. The zero-order chi connectivity index (χ0) is 17.1. The number of benzene rings is 2. The molecule has 122 valence electrons. The van der Waals surface area contributed by atoms with E-state index in [4.69, 9.17) is 16.0 Å². The molecular formula is C17H15ClN4O2. The number of nitrogens with zero attached hydrogens (tertiary/aromatic N) is 3. The van der Waals surface area contributed by atoms with Crippen molar-refractivity contribution in [1.82, 2.24) is 10.2 Å². The van der Waals surface area contributed by atoms with Gasteiger partial charge in [-0.25, -0.2) is 0 Å². The van der Waals surface area contributed by atoms with Crippen LogP contribution in [0.2, 0.25) is 5.02 Å². The molecule has 1 aromatic heterocycles. The van der Waals surface area contributed by atoms with Gasteiger partial charge in [0.2, 0.25) is 0 Å². The fraction of sp³-hybridized carbons (Fsp3) is 0.118. The van der Waals surface area contributed by atoms with Gasteiger partial charge in [-0.05, 0) is 36.4 Å². The summed E-state index contributed by atoms with van der Waals surface area (Å²) in [6.07, 6.45) is 0. The molecule has 3 aromatic rings. The zero-order valence-electron chi connectivity index (χ0n) is 13.2. The Kier molecular flexibility index (Phi) is 4.48. The van der Waals surface area contributed by atoms with Crippen molar-refractivity contribution in [2.75, 3.05) is 24.3 Å². The van der Waals surface area contributed by atoms with E-state index in [1.807, 2.05) is 43.3 Å². The first kappa shape index (κ1) is 16.0. The number of hydrogen-bond donors (Lipinski definition) is 1. The highest BCUT2D eigenvalue weighted by atomic mass is 35.5. The maximum absolute atomic E-state index is 12.2. The van der Waals surface area contributed by atoms with Gasteiger partial charge in [-0.2, -0.15) is 0 Å². The van der Waals surface area contributed by atoms with Crippen LogP contribution in [0.5, 0.6) is 0 Å². The Morgan fingerprint density at radius 2 is 1.79 bits per heavy atom. The number of amides is 1. The maximum atomic E-state index is 12.2. The zero-order valence-corrected chi connectivity index (χ0v) is 13.9. The van der Waals surface area contributed by atoms with E-state index < -0.39 is 0 Å². The van der Waals surface area contributed by atoms with E-state index >= 15 is 0 Å². The highest BCUT2D eigenvalue weighted by Crippen LogP contribution is 2.27. The Morgan fingerprint density at radius 3 is 2.46 bits per heavy atom. The number of aromatic nitrogens is 2. The second-order valence-electron chi connectivity index (χ2n) is 5.29. The Balaban J connectivity index is 1.75. The third kappa shape index (κ3) is 3.38. The highest BCUT2D eigenvalue weighted by molar-refractivity contribution is 6.33. The molecule has 0 saturated heterocycles. The molecule has 3 rings (SSSR count). The van der Waals surface area contributed by atoms with E-state index in [0.717, 1.165) is 5.69 Å². The van der Waals surface area contributed by atoms with Crippen molar-refractivity contribution in [3.63, 3.8) is 0 Å². The van der Waals surface area contributed by atoms with Gasteiger partial charge in [0.1, 0.15) is 0 Å². The summed E-state index contributed by atoms with van der Waals surface area (Å²) >= 11 is 6.09. The molecule has 0 saturated carbocycles. The summed E-state index contributed by atoms with van der Waals surface area (Å²) in [5.74, 6) is -0.0754. The summed E-state index contributed by atoms with van der Waals surface area (Å²) in [6.45, 7) is 0. The lowest BCUT2D eigenvalue weighted by atomic mass is 10.2. The molecule has 24 heavy (non-hydrogen) atoms. The normalized spacial score (nSPS) is 10.5. The first-order valence-electron chi connectivity index (χ1n) is 7.22. The highest BCUT2D eigenvalue weighted by Gasteiger charge is 2.14. The van der Waals surface area contributed by atoms with Crippen molar-refractivity contribution < 1.29 is 9.21 Å². The van der Waals surface area contributed by atoms with Crippen molar-refractivity contribution in [2.45, 2.75) is 0 Å². The summed E-state index contributed by atoms with van der Waals surface area (Å²) in [5, 5.41) is 10.8. The van der Waals surface area contributed by atoms with Crippen LogP contribution < -0.4 is 10.2 Å². The third-order valence-electron chi connectivity index (χ3n) is 3.40. The van der Waals surface area contributed by atoms with Gasteiger partial charge in [0, 0.05) is 25.3 Å². The fourth-order valence-corrected chi connectivity index (χ4v) is 2.31. The van der Waals surface area contributed by atoms with E-state index in [1.54, 1.807) is 24.3 Å². The van der Waals surface area contributed by atoms with E-state index in [0.29, 0.717) is 16.1 Å². The Hall–Kier alpha value is -2.86. The molecule has 0 aliphatic carbocycles. The molecule has 6 nitrogen and oxygen atoms in total. The third-order valence-corrected chi connectivity index (χ3v) is 3.73. The number of rotatable bonds is 4. The number of hydrogen-bond acceptors (Lipinski definition) is 5. The lowest BCUT2D eigenvalue weighted by Crippen LogP contribution is -2.13. The standard InChI is InChI=1S/C17H15ClN4O2/c1-22(2)12-9-7-11(8-10-12)15(23)19-17-21-20-16(24-17)13-5-3-4-6-14(13)18/h3-10H,1-2H3,(H,19,21,23). The maximum Gasteiger partial charge on any atom is 0.322 e. The van der Waals surface area contributed by atoms with Gasteiger partial charge in [0.05, 0.1) is 10.6 Å². The number of anilines is 2. The first-order valence-corrected chi connectivity index (χ1v) is 7.59. The van der Waals surface area contributed by atoms with E-state index in [1.165, 1.54) is 0 Å². The Bertz CT molecular complexity index is 859. The number of carbonyl (C=O) groups is 1. The van der Waals surface area contributed by atoms with Gasteiger partial charge < -0.3 is 9.32 Å². The van der Waals surface area contributed by atoms with Gasteiger partial charge in [-0.1, -0.05) is 28.8 Å². The molecule has 0 radical (unpaired) electrons. The van der Waals surface area contributed by atoms with Crippen LogP contribution in [0.3, 0.4) is 0 Å². The smallest absolute Gasteiger partial charge is 0.322 e. The van der Waals surface area contributed by atoms with Gasteiger partial charge >= 0.3 is 6.01 Å². The predicted molar refractivity (Wildman–Crippen MR) is 93.5 cm³/mol. The summed E-state index contributed by atoms with van der Waals surface area (Å²) in [4.78, 5) is 14.2. The average Bonchev–Trinajstić information content (AvgIpc) is 3.03. The minimum atomic E-state index is -0.324. The largest absolute Gasteiger partial charge is 0.403 e. The van der Waals surface area contributed by atoms with Crippen molar-refractivity contribution in [1.29, 1.82) is 0 Å². The fourth-order valence-electron chi connectivity index (χ4n) is 2.10. The molecule has 0 spiro atoms. The molecule has 0 bridgehead atoms. The van der Waals surface area contributed by atoms with E-state index in [9.17, 15) is 4.79 Å². The van der Waals surface area contributed by atoms with Crippen LogP contribution in [-0.4, -0.2) is 30.2 Å². The molecule has 1 heterocycles. The molecule has 0 aliphatic rings. The van der Waals surface area contributed by atoms with Crippen molar-refractivity contribution in [3.8, 4) is 11.5 Å². The quantitative estimate of drug-likeness (QED) is 0.782. The Morgan fingerprint density at radius 1 is 1.08 bits per heavy atom. The van der Waals surface area contributed by atoms with Crippen LogP contribution in [0.15, 0.2) is 52.9 Å². The second kappa shape index (κ2) is 6.72. The van der Waals surface area contributed by atoms with Crippen LogP contribution in [-0.2, 0) is 0 Å². The predicted octanol–water partition coefficient (Wildman–Crippen LogP) is 3.71. The van der Waals surface area contributed by atoms with Gasteiger partial charge in [0.25, 0.3) is 11.8 Å². The summed E-state index contributed by atoms with van der Waals surface area (Å²) in [7, 11) is 3.87. The van der Waals surface area contributed by atoms with E-state index in [2.05, 4.69) is 15.5 Å². The number of carbonyl (C=O) groups excluding carboxylic acids is 1.